The molecule has 0 saturated heterocycles. The highest BCUT2D eigenvalue weighted by Crippen LogP contribution is 2.15. The van der Waals surface area contributed by atoms with E-state index < -0.39 is 0 Å². The van der Waals surface area contributed by atoms with Crippen LogP contribution in [0.15, 0.2) is 39.8 Å². The van der Waals surface area contributed by atoms with Gasteiger partial charge in [0.05, 0.1) is 5.69 Å². The van der Waals surface area contributed by atoms with E-state index in [-0.39, 0.29) is 24.0 Å². The molecule has 0 fully saturated rings. The Labute approximate surface area is 186 Å². The molecule has 0 radical (unpaired) electrons. The fraction of sp³-hybridized carbons (Fsp3) is 0.524. The molecule has 2 N–H and O–H groups in total. The van der Waals surface area contributed by atoms with Crippen molar-refractivity contribution in [1.29, 1.82) is 0 Å². The Hall–Kier alpha value is -1.61. The first-order valence-corrected chi connectivity index (χ1v) is 9.70. The highest BCUT2D eigenvalue weighted by Gasteiger charge is 2.15. The lowest BCUT2D eigenvalue weighted by atomic mass is 10.1. The average Bonchev–Trinajstić information content (AvgIpc) is 3.09. The monoisotopic (exact) mass is 499 g/mol. The quantitative estimate of drug-likeness (QED) is 0.315. The predicted molar refractivity (Wildman–Crippen MR) is 126 cm³/mol. The fourth-order valence-corrected chi connectivity index (χ4v) is 3.07. The molecular weight excluding hydrogens is 465 g/mol. The number of aryl methyl sites for hydroxylation is 2. The Morgan fingerprint density at radius 3 is 2.43 bits per heavy atom. The Bertz CT molecular complexity index is 693. The lowest BCUT2D eigenvalue weighted by molar-refractivity contribution is 0.290. The molecule has 1 heterocycles. The van der Waals surface area contributed by atoms with Crippen molar-refractivity contribution in [2.45, 2.75) is 45.7 Å². The molecule has 28 heavy (non-hydrogen) atoms. The van der Waals surface area contributed by atoms with Gasteiger partial charge in [0, 0.05) is 38.2 Å². The molecule has 7 heteroatoms. The van der Waals surface area contributed by atoms with Crippen LogP contribution in [-0.2, 0) is 25.8 Å². The van der Waals surface area contributed by atoms with E-state index in [1.165, 1.54) is 5.56 Å². The van der Waals surface area contributed by atoms with Crippen LogP contribution < -0.4 is 10.6 Å². The summed E-state index contributed by atoms with van der Waals surface area (Å²) in [7, 11) is 6.03. The van der Waals surface area contributed by atoms with Gasteiger partial charge in [0.1, 0.15) is 5.76 Å². The van der Waals surface area contributed by atoms with Crippen LogP contribution in [0.5, 0.6) is 0 Å². The number of aliphatic imine (C=N–C) groups is 1. The fourth-order valence-electron chi connectivity index (χ4n) is 3.07. The summed E-state index contributed by atoms with van der Waals surface area (Å²) in [4.78, 5) is 6.61. The molecule has 0 aliphatic rings. The molecule has 2 aromatic rings. The Balaban J connectivity index is 0.00000392. The van der Waals surface area contributed by atoms with Gasteiger partial charge >= 0.3 is 0 Å². The maximum atomic E-state index is 5.44. The van der Waals surface area contributed by atoms with Gasteiger partial charge in [0.15, 0.2) is 5.96 Å². The van der Waals surface area contributed by atoms with Gasteiger partial charge in [-0.25, -0.2) is 0 Å². The van der Waals surface area contributed by atoms with Gasteiger partial charge in [-0.3, -0.25) is 4.99 Å². The number of likely N-dealkylation sites (N-methyl/N-ethyl adjacent to an activating group) is 1. The normalized spacial score (nSPS) is 12.6. The molecule has 0 aliphatic carbocycles. The van der Waals surface area contributed by atoms with Crippen molar-refractivity contribution in [3.8, 4) is 0 Å². The third kappa shape index (κ3) is 7.09. The molecule has 0 aliphatic heterocycles. The van der Waals surface area contributed by atoms with Gasteiger partial charge in [0.25, 0.3) is 0 Å². The van der Waals surface area contributed by atoms with Gasteiger partial charge in [-0.05, 0) is 32.5 Å². The molecule has 0 spiro atoms. The second-order valence-electron chi connectivity index (χ2n) is 6.85. The van der Waals surface area contributed by atoms with Crippen molar-refractivity contribution in [1.82, 2.24) is 20.7 Å². The van der Waals surface area contributed by atoms with Crippen molar-refractivity contribution in [3.63, 3.8) is 0 Å². The minimum Gasteiger partial charge on any atom is -0.361 e. The Kier molecular flexibility index (Phi) is 11.1. The molecule has 156 valence electrons. The van der Waals surface area contributed by atoms with Crippen molar-refractivity contribution < 1.29 is 4.52 Å². The maximum absolute atomic E-state index is 5.44. The van der Waals surface area contributed by atoms with Gasteiger partial charge in [-0.15, -0.1) is 24.0 Å². The number of halogens is 1. The van der Waals surface area contributed by atoms with Gasteiger partial charge in [0.2, 0.25) is 0 Å². The van der Waals surface area contributed by atoms with Crippen molar-refractivity contribution in [2.75, 3.05) is 27.7 Å². The lowest BCUT2D eigenvalue weighted by Crippen LogP contribution is -2.45. The standard InChI is InChI=1S/C21H33N5O.HI/c1-6-19-18(20(7-2)27-25-19)15-24-21(22-3)23-14-17(26(4)5)13-16-11-9-8-10-12-16;/h8-12,17H,6-7,13-15H2,1-5H3,(H2,22,23,24);1H. The smallest absolute Gasteiger partial charge is 0.191 e. The minimum atomic E-state index is 0. The van der Waals surface area contributed by atoms with Crippen LogP contribution in [-0.4, -0.2) is 49.7 Å². The highest BCUT2D eigenvalue weighted by molar-refractivity contribution is 14.0. The summed E-state index contributed by atoms with van der Waals surface area (Å²) in [5.41, 5.74) is 3.51. The van der Waals surface area contributed by atoms with Crippen molar-refractivity contribution in [2.24, 2.45) is 4.99 Å². The van der Waals surface area contributed by atoms with Crippen LogP contribution in [0.25, 0.3) is 0 Å². The molecule has 1 aromatic carbocycles. The maximum Gasteiger partial charge on any atom is 0.191 e. The predicted octanol–water partition coefficient (Wildman–Crippen LogP) is 3.26. The van der Waals surface area contributed by atoms with Crippen LogP contribution in [0.3, 0.4) is 0 Å². The molecule has 2 rings (SSSR count). The van der Waals surface area contributed by atoms with Crippen LogP contribution >= 0.6 is 24.0 Å². The summed E-state index contributed by atoms with van der Waals surface area (Å²) in [6.45, 7) is 5.66. The average molecular weight is 499 g/mol. The molecule has 0 amide bonds. The van der Waals surface area contributed by atoms with Crippen LogP contribution in [0.4, 0.5) is 0 Å². The van der Waals surface area contributed by atoms with E-state index in [1.807, 2.05) is 0 Å². The number of nitrogens with one attached hydrogen (secondary N) is 2. The third-order valence-corrected chi connectivity index (χ3v) is 4.81. The zero-order valence-electron chi connectivity index (χ0n) is 17.7. The number of hydrogen-bond donors (Lipinski definition) is 2. The second kappa shape index (κ2) is 12.8. The van der Waals surface area contributed by atoms with Gasteiger partial charge in [-0.1, -0.05) is 49.3 Å². The number of hydrogen-bond acceptors (Lipinski definition) is 4. The summed E-state index contributed by atoms with van der Waals surface area (Å²) in [5.74, 6) is 1.74. The molecular formula is C21H34IN5O. The van der Waals surface area contributed by atoms with Crippen LogP contribution in [0.2, 0.25) is 0 Å². The first-order valence-electron chi connectivity index (χ1n) is 9.70. The first-order chi connectivity index (χ1) is 13.1. The molecule has 0 bridgehead atoms. The molecule has 1 atom stereocenters. The van der Waals surface area contributed by atoms with E-state index >= 15 is 0 Å². The third-order valence-electron chi connectivity index (χ3n) is 4.81. The second-order valence-corrected chi connectivity index (χ2v) is 6.85. The SMILES string of the molecule is CCc1noc(CC)c1CNC(=NC)NCC(Cc1ccccc1)N(C)C.I. The molecule has 0 saturated carbocycles. The first kappa shape index (κ1) is 24.4. The number of benzene rings is 1. The molecule has 6 nitrogen and oxygen atoms in total. The van der Waals surface area contributed by atoms with E-state index in [9.17, 15) is 0 Å². The van der Waals surface area contributed by atoms with E-state index in [0.717, 1.165) is 48.8 Å². The highest BCUT2D eigenvalue weighted by atomic mass is 127. The summed E-state index contributed by atoms with van der Waals surface area (Å²) < 4.78 is 5.44. The minimum absolute atomic E-state index is 0. The Morgan fingerprint density at radius 2 is 1.86 bits per heavy atom. The molecule has 1 unspecified atom stereocenters. The van der Waals surface area contributed by atoms with E-state index in [4.69, 9.17) is 4.52 Å². The number of aromatic nitrogens is 1. The molecule has 1 aromatic heterocycles. The largest absolute Gasteiger partial charge is 0.361 e. The summed E-state index contributed by atoms with van der Waals surface area (Å²) in [6, 6.07) is 11.0. The number of rotatable bonds is 9. The van der Waals surface area contributed by atoms with E-state index in [1.54, 1.807) is 7.05 Å². The number of guanidine groups is 1. The van der Waals surface area contributed by atoms with Crippen molar-refractivity contribution >= 4 is 29.9 Å². The topological polar surface area (TPSA) is 65.7 Å². The summed E-state index contributed by atoms with van der Waals surface area (Å²) in [5, 5.41) is 11.0. The Morgan fingerprint density at radius 1 is 1.14 bits per heavy atom. The van der Waals surface area contributed by atoms with E-state index in [0.29, 0.717) is 12.6 Å². The number of nitrogens with zero attached hydrogens (tertiary/aromatic N) is 3. The van der Waals surface area contributed by atoms with Crippen molar-refractivity contribution in [3.05, 3.63) is 52.9 Å². The summed E-state index contributed by atoms with van der Waals surface area (Å²) >= 11 is 0. The van der Waals surface area contributed by atoms with Gasteiger partial charge in [-0.2, -0.15) is 0 Å². The van der Waals surface area contributed by atoms with Crippen LogP contribution in [0.1, 0.15) is 36.4 Å². The van der Waals surface area contributed by atoms with E-state index in [2.05, 4.69) is 84.0 Å². The zero-order valence-corrected chi connectivity index (χ0v) is 20.0. The summed E-state index contributed by atoms with van der Waals surface area (Å²) in [6.07, 6.45) is 2.70. The van der Waals surface area contributed by atoms with Gasteiger partial charge < -0.3 is 20.1 Å². The van der Waals surface area contributed by atoms with Crippen LogP contribution in [0, 0.1) is 0 Å². The zero-order chi connectivity index (χ0) is 19.6. The lowest BCUT2D eigenvalue weighted by Gasteiger charge is -2.25.